The molecule has 0 spiro atoms. The molecule has 4 rings (SSSR count). The fourth-order valence-corrected chi connectivity index (χ4v) is 3.31. The predicted octanol–water partition coefficient (Wildman–Crippen LogP) is 5.99. The SMILES string of the molecule is OC(CN(Cc1cccc(Oc2ncccn2)c1)c1cccc(Oc2ccccc2)c1)C(F)(F)F. The van der Waals surface area contributed by atoms with Crippen molar-refractivity contribution in [3.05, 3.63) is 103 Å². The minimum absolute atomic E-state index is 0.0782. The van der Waals surface area contributed by atoms with Crippen LogP contribution in [0.3, 0.4) is 0 Å². The molecule has 3 aromatic carbocycles. The van der Waals surface area contributed by atoms with Crippen molar-refractivity contribution in [3.8, 4) is 23.3 Å². The lowest BCUT2D eigenvalue weighted by Crippen LogP contribution is -2.40. The monoisotopic (exact) mass is 481 g/mol. The Balaban J connectivity index is 1.58. The molecule has 1 heterocycles. The third-order valence-corrected chi connectivity index (χ3v) is 4.96. The molecule has 1 atom stereocenters. The molecule has 4 aromatic rings. The van der Waals surface area contributed by atoms with Gasteiger partial charge in [-0.3, -0.25) is 0 Å². The predicted molar refractivity (Wildman–Crippen MR) is 125 cm³/mol. The van der Waals surface area contributed by atoms with E-state index < -0.39 is 18.8 Å². The van der Waals surface area contributed by atoms with Crippen molar-refractivity contribution in [3.63, 3.8) is 0 Å². The van der Waals surface area contributed by atoms with Crippen LogP contribution in [0, 0.1) is 0 Å². The summed E-state index contributed by atoms with van der Waals surface area (Å²) in [4.78, 5) is 9.45. The van der Waals surface area contributed by atoms with Crippen molar-refractivity contribution in [2.75, 3.05) is 11.4 Å². The van der Waals surface area contributed by atoms with Crippen molar-refractivity contribution >= 4 is 5.69 Å². The first-order valence-corrected chi connectivity index (χ1v) is 10.7. The number of aromatic nitrogens is 2. The second-order valence-electron chi connectivity index (χ2n) is 7.63. The lowest BCUT2D eigenvalue weighted by atomic mass is 10.1. The number of alkyl halides is 3. The van der Waals surface area contributed by atoms with Gasteiger partial charge < -0.3 is 19.5 Å². The first kappa shape index (κ1) is 24.0. The zero-order valence-corrected chi connectivity index (χ0v) is 18.5. The molecule has 0 saturated carbocycles. The standard InChI is InChI=1S/C26H22F3N3O3/c27-26(28,29)24(33)18-32(20-8-5-12-23(16-20)34-21-9-2-1-3-10-21)17-19-7-4-11-22(15-19)35-25-30-13-6-14-31-25/h1-16,24,33H,17-18H2. The molecule has 1 aromatic heterocycles. The molecule has 0 aliphatic carbocycles. The minimum Gasteiger partial charge on any atom is -0.457 e. The van der Waals surface area contributed by atoms with Crippen LogP contribution < -0.4 is 14.4 Å². The van der Waals surface area contributed by atoms with Crippen LogP contribution in [0.1, 0.15) is 5.56 Å². The summed E-state index contributed by atoms with van der Waals surface area (Å²) in [5, 5.41) is 9.81. The topological polar surface area (TPSA) is 67.7 Å². The Kier molecular flexibility index (Phi) is 7.47. The summed E-state index contributed by atoms with van der Waals surface area (Å²) < 4.78 is 51.1. The lowest BCUT2D eigenvalue weighted by Gasteiger charge is -2.28. The summed E-state index contributed by atoms with van der Waals surface area (Å²) in [6.07, 6.45) is -4.21. The van der Waals surface area contributed by atoms with Crippen LogP contribution in [-0.4, -0.2) is 33.9 Å². The summed E-state index contributed by atoms with van der Waals surface area (Å²) >= 11 is 0. The molecular formula is C26H22F3N3O3. The van der Waals surface area contributed by atoms with E-state index in [1.54, 1.807) is 66.7 Å². The highest BCUT2D eigenvalue weighted by atomic mass is 19.4. The summed E-state index contributed by atoms with van der Waals surface area (Å²) in [6.45, 7) is -0.583. The summed E-state index contributed by atoms with van der Waals surface area (Å²) in [7, 11) is 0. The number of halogens is 3. The Labute approximate surface area is 200 Å². The highest BCUT2D eigenvalue weighted by Crippen LogP contribution is 2.30. The summed E-state index contributed by atoms with van der Waals surface area (Å²) in [6, 6.07) is 24.4. The lowest BCUT2D eigenvalue weighted by molar-refractivity contribution is -0.200. The zero-order valence-electron chi connectivity index (χ0n) is 18.5. The maximum absolute atomic E-state index is 13.2. The largest absolute Gasteiger partial charge is 0.457 e. The van der Waals surface area contributed by atoms with E-state index in [0.717, 1.165) is 0 Å². The summed E-state index contributed by atoms with van der Waals surface area (Å²) in [5.41, 5.74) is 1.13. The molecule has 0 bridgehead atoms. The van der Waals surface area contributed by atoms with Gasteiger partial charge in [0, 0.05) is 30.7 Å². The van der Waals surface area contributed by atoms with E-state index in [0.29, 0.717) is 28.5 Å². The van der Waals surface area contributed by atoms with Crippen LogP contribution in [0.15, 0.2) is 97.3 Å². The van der Waals surface area contributed by atoms with E-state index in [1.807, 2.05) is 18.2 Å². The van der Waals surface area contributed by atoms with Gasteiger partial charge in [-0.25, -0.2) is 9.97 Å². The van der Waals surface area contributed by atoms with E-state index in [-0.39, 0.29) is 12.6 Å². The van der Waals surface area contributed by atoms with Gasteiger partial charge >= 0.3 is 12.2 Å². The first-order chi connectivity index (χ1) is 16.9. The quantitative estimate of drug-likeness (QED) is 0.317. The number of ether oxygens (including phenoxy) is 2. The van der Waals surface area contributed by atoms with E-state index in [2.05, 4.69) is 9.97 Å². The fourth-order valence-electron chi connectivity index (χ4n) is 3.31. The maximum atomic E-state index is 13.2. The minimum atomic E-state index is -4.76. The molecule has 1 unspecified atom stereocenters. The van der Waals surface area contributed by atoms with Crippen LogP contribution in [-0.2, 0) is 6.54 Å². The number of hydrogen-bond donors (Lipinski definition) is 1. The van der Waals surface area contributed by atoms with Gasteiger partial charge in [0.2, 0.25) is 0 Å². The molecule has 0 fully saturated rings. The highest BCUT2D eigenvalue weighted by molar-refractivity contribution is 5.52. The summed E-state index contributed by atoms with van der Waals surface area (Å²) in [5.74, 6) is 1.49. The van der Waals surface area contributed by atoms with E-state index in [9.17, 15) is 18.3 Å². The highest BCUT2D eigenvalue weighted by Gasteiger charge is 2.39. The number of para-hydroxylation sites is 1. The average molecular weight is 481 g/mol. The normalized spacial score (nSPS) is 12.1. The number of anilines is 1. The van der Waals surface area contributed by atoms with Gasteiger partial charge in [0.15, 0.2) is 6.10 Å². The van der Waals surface area contributed by atoms with Crippen molar-refractivity contribution in [2.24, 2.45) is 0 Å². The van der Waals surface area contributed by atoms with Crippen LogP contribution >= 0.6 is 0 Å². The molecule has 0 aliphatic rings. The first-order valence-electron chi connectivity index (χ1n) is 10.7. The molecule has 35 heavy (non-hydrogen) atoms. The number of hydrogen-bond acceptors (Lipinski definition) is 6. The Morgan fingerprint density at radius 3 is 2.14 bits per heavy atom. The molecule has 6 nitrogen and oxygen atoms in total. The molecule has 0 amide bonds. The molecule has 1 N–H and O–H groups in total. The smallest absolute Gasteiger partial charge is 0.416 e. The van der Waals surface area contributed by atoms with E-state index in [4.69, 9.17) is 9.47 Å². The fraction of sp³-hybridized carbons (Fsp3) is 0.154. The van der Waals surface area contributed by atoms with Gasteiger partial charge in [0.1, 0.15) is 17.2 Å². The number of rotatable bonds is 9. The second-order valence-corrected chi connectivity index (χ2v) is 7.63. The number of aliphatic hydroxyl groups excluding tert-OH is 1. The molecule has 0 radical (unpaired) electrons. The molecular weight excluding hydrogens is 459 g/mol. The Morgan fingerprint density at radius 1 is 0.771 bits per heavy atom. The van der Waals surface area contributed by atoms with Crippen LogP contribution in [0.25, 0.3) is 0 Å². The van der Waals surface area contributed by atoms with Gasteiger partial charge in [0.25, 0.3) is 0 Å². The average Bonchev–Trinajstić information content (AvgIpc) is 2.85. The Hall–Kier alpha value is -4.11. The number of nitrogens with zero attached hydrogens (tertiary/aromatic N) is 3. The maximum Gasteiger partial charge on any atom is 0.416 e. The van der Waals surface area contributed by atoms with Gasteiger partial charge in [-0.1, -0.05) is 36.4 Å². The van der Waals surface area contributed by atoms with Crippen LogP contribution in [0.4, 0.5) is 18.9 Å². The van der Waals surface area contributed by atoms with Crippen molar-refractivity contribution in [1.29, 1.82) is 0 Å². The van der Waals surface area contributed by atoms with Gasteiger partial charge in [-0.2, -0.15) is 13.2 Å². The van der Waals surface area contributed by atoms with Crippen molar-refractivity contribution < 1.29 is 27.8 Å². The Bertz CT molecular complexity index is 1220. The number of benzene rings is 3. The molecule has 0 saturated heterocycles. The second kappa shape index (κ2) is 10.9. The van der Waals surface area contributed by atoms with Crippen molar-refractivity contribution in [2.45, 2.75) is 18.8 Å². The third-order valence-electron chi connectivity index (χ3n) is 4.96. The Morgan fingerprint density at radius 2 is 1.43 bits per heavy atom. The van der Waals surface area contributed by atoms with Gasteiger partial charge in [-0.05, 0) is 48.0 Å². The van der Waals surface area contributed by atoms with E-state index >= 15 is 0 Å². The van der Waals surface area contributed by atoms with Gasteiger partial charge in [0.05, 0.1) is 6.54 Å². The van der Waals surface area contributed by atoms with E-state index in [1.165, 1.54) is 17.3 Å². The van der Waals surface area contributed by atoms with Crippen LogP contribution in [0.2, 0.25) is 0 Å². The molecule has 0 aliphatic heterocycles. The molecule has 9 heteroatoms. The number of aliphatic hydroxyl groups is 1. The van der Waals surface area contributed by atoms with Crippen molar-refractivity contribution in [1.82, 2.24) is 9.97 Å². The van der Waals surface area contributed by atoms with Crippen LogP contribution in [0.5, 0.6) is 23.3 Å². The van der Waals surface area contributed by atoms with Gasteiger partial charge in [-0.15, -0.1) is 0 Å². The third kappa shape index (κ3) is 6.94. The molecule has 180 valence electrons. The zero-order chi connectivity index (χ0) is 24.7.